The molecule has 3 aromatic carbocycles. The van der Waals surface area contributed by atoms with Gasteiger partial charge in [-0.05, 0) is 61.2 Å². The molecule has 0 unspecified atom stereocenters. The Morgan fingerprint density at radius 2 is 1.60 bits per heavy atom. The lowest BCUT2D eigenvalue weighted by atomic mass is 9.97. The van der Waals surface area contributed by atoms with Crippen molar-refractivity contribution in [3.8, 4) is 22.3 Å². The number of nitrogens with zero attached hydrogens (tertiary/aromatic N) is 2. The minimum Gasteiger partial charge on any atom is -0.444 e. The van der Waals surface area contributed by atoms with Gasteiger partial charge >= 0.3 is 18.3 Å². The molecule has 0 aliphatic carbocycles. The van der Waals surface area contributed by atoms with Crippen LogP contribution in [0.1, 0.15) is 32.8 Å². The molecule has 0 spiro atoms. The Bertz CT molecular complexity index is 1450. The number of hydrogen-bond acceptors (Lipinski definition) is 5. The lowest BCUT2D eigenvalue weighted by Gasteiger charge is -2.19. The summed E-state index contributed by atoms with van der Waals surface area (Å²) in [6, 6.07) is 18.5. The lowest BCUT2D eigenvalue weighted by Crippen LogP contribution is -2.32. The van der Waals surface area contributed by atoms with Gasteiger partial charge < -0.3 is 15.4 Å². The minimum absolute atomic E-state index is 0.192. The fourth-order valence-corrected chi connectivity index (χ4v) is 4.61. The molecule has 2 N–H and O–H groups in total. The summed E-state index contributed by atoms with van der Waals surface area (Å²) in [7, 11) is 0. The lowest BCUT2D eigenvalue weighted by molar-refractivity contribution is -0.0600. The van der Waals surface area contributed by atoms with Crippen LogP contribution in [0.4, 0.5) is 32.8 Å². The first-order chi connectivity index (χ1) is 19.8. The van der Waals surface area contributed by atoms with E-state index in [1.807, 2.05) is 42.5 Å². The van der Waals surface area contributed by atoms with Crippen LogP contribution in [0.25, 0.3) is 22.3 Å². The maximum atomic E-state index is 13.1. The first-order valence-corrected chi connectivity index (χ1v) is 14.0. The van der Waals surface area contributed by atoms with Gasteiger partial charge in [-0.25, -0.2) is 19.0 Å². The van der Waals surface area contributed by atoms with E-state index in [1.54, 1.807) is 45.0 Å². The summed E-state index contributed by atoms with van der Waals surface area (Å²) in [4.78, 5) is 25.7. The van der Waals surface area contributed by atoms with Crippen LogP contribution in [-0.2, 0) is 11.3 Å². The fourth-order valence-electron chi connectivity index (χ4n) is 4.16. The van der Waals surface area contributed by atoms with Gasteiger partial charge in [-0.2, -0.15) is 18.3 Å². The van der Waals surface area contributed by atoms with Crippen molar-refractivity contribution in [3.63, 3.8) is 0 Å². The van der Waals surface area contributed by atoms with E-state index >= 15 is 0 Å². The molecule has 12 heteroatoms. The molecule has 42 heavy (non-hydrogen) atoms. The number of rotatable bonds is 7. The Labute approximate surface area is 245 Å². The highest BCUT2D eigenvalue weighted by Crippen LogP contribution is 2.34. The van der Waals surface area contributed by atoms with E-state index < -0.39 is 35.6 Å². The predicted octanol–water partition coefficient (Wildman–Crippen LogP) is 8.22. The molecule has 1 aliphatic heterocycles. The number of carbonyl (C=O) groups excluding carboxylic acids is 2. The van der Waals surface area contributed by atoms with Crippen LogP contribution < -0.4 is 10.6 Å². The third-order valence-corrected chi connectivity index (χ3v) is 6.85. The number of alkyl halides is 4. The first kappa shape index (κ1) is 30.9. The first-order valence-electron chi connectivity index (χ1n) is 13.0. The number of alkyl carbamates (subject to hydrolysis) is 1. The summed E-state index contributed by atoms with van der Waals surface area (Å²) in [5.41, 5.74) is 2.46. The largest absolute Gasteiger partial charge is 0.444 e. The van der Waals surface area contributed by atoms with Crippen molar-refractivity contribution in [3.05, 3.63) is 72.3 Å². The number of amides is 3. The van der Waals surface area contributed by atoms with Crippen molar-refractivity contribution in [2.24, 2.45) is 5.10 Å². The number of carbonyl (C=O) groups is 2. The van der Waals surface area contributed by atoms with Gasteiger partial charge in [-0.3, -0.25) is 0 Å². The van der Waals surface area contributed by atoms with Crippen molar-refractivity contribution in [2.75, 3.05) is 17.9 Å². The molecule has 3 amide bonds. The number of benzene rings is 3. The highest BCUT2D eigenvalue weighted by atomic mass is 32.2. The van der Waals surface area contributed by atoms with Crippen LogP contribution >= 0.6 is 11.8 Å². The molecule has 0 saturated heterocycles. The highest BCUT2D eigenvalue weighted by molar-refractivity contribution is 7.99. The third kappa shape index (κ3) is 8.25. The molecular weight excluding hydrogens is 572 g/mol. The summed E-state index contributed by atoms with van der Waals surface area (Å²) in [6.07, 6.45) is -5.53. The predicted molar refractivity (Wildman–Crippen MR) is 156 cm³/mol. The maximum Gasteiger partial charge on any atom is 0.431 e. The van der Waals surface area contributed by atoms with E-state index in [9.17, 15) is 27.2 Å². The number of urea groups is 1. The molecule has 0 bridgehead atoms. The van der Waals surface area contributed by atoms with Crippen LogP contribution in [0.15, 0.2) is 76.7 Å². The molecule has 0 radical (unpaired) electrons. The van der Waals surface area contributed by atoms with E-state index in [4.69, 9.17) is 4.74 Å². The third-order valence-electron chi connectivity index (χ3n) is 6.13. The zero-order chi connectivity index (χ0) is 30.5. The van der Waals surface area contributed by atoms with Crippen molar-refractivity contribution < 1.29 is 31.9 Å². The molecule has 7 nitrogen and oxygen atoms in total. The quantitative estimate of drug-likeness (QED) is 0.211. The van der Waals surface area contributed by atoms with Crippen molar-refractivity contribution in [2.45, 2.75) is 50.4 Å². The Morgan fingerprint density at radius 3 is 2.19 bits per heavy atom. The number of hydrogen-bond donors (Lipinski definition) is 2. The molecule has 3 aromatic rings. The van der Waals surface area contributed by atoms with E-state index in [-0.39, 0.29) is 19.5 Å². The topological polar surface area (TPSA) is 83.0 Å². The second kappa shape index (κ2) is 12.8. The van der Waals surface area contributed by atoms with Crippen molar-refractivity contribution in [1.29, 1.82) is 0 Å². The molecule has 1 aliphatic rings. The SMILES string of the molecule is CC(C)(C)OC(=O)NCc1ccc(-c2ccc(-c3ccc(SCF)cc3)cc2NC(=O)N2CCC(C(F)(F)F)=N2)cc1. The van der Waals surface area contributed by atoms with Crippen LogP contribution in [0.3, 0.4) is 0 Å². The monoisotopic (exact) mass is 602 g/mol. The molecule has 0 saturated carbocycles. The van der Waals surface area contributed by atoms with Gasteiger partial charge in [-0.15, -0.1) is 0 Å². The highest BCUT2D eigenvalue weighted by Gasteiger charge is 2.40. The Morgan fingerprint density at radius 1 is 0.952 bits per heavy atom. The Hall–Kier alpha value is -4.06. The summed E-state index contributed by atoms with van der Waals surface area (Å²) in [5.74, 6) is 0. The molecule has 0 atom stereocenters. The number of thioether (sulfide) groups is 1. The summed E-state index contributed by atoms with van der Waals surface area (Å²) in [6.45, 7) is 5.37. The van der Waals surface area contributed by atoms with Gasteiger partial charge in [0.2, 0.25) is 0 Å². The zero-order valence-electron chi connectivity index (χ0n) is 23.2. The number of halogens is 4. The summed E-state index contributed by atoms with van der Waals surface area (Å²) in [5, 5.41) is 9.66. The van der Waals surface area contributed by atoms with Crippen LogP contribution in [0, 0.1) is 0 Å². The number of anilines is 1. The van der Waals surface area contributed by atoms with Gasteiger partial charge in [0.05, 0.1) is 12.2 Å². The molecule has 4 rings (SSSR count). The van der Waals surface area contributed by atoms with Crippen molar-refractivity contribution >= 4 is 35.3 Å². The molecule has 1 heterocycles. The smallest absolute Gasteiger partial charge is 0.431 e. The van der Waals surface area contributed by atoms with Gasteiger partial charge in [-0.1, -0.05) is 60.3 Å². The zero-order valence-corrected chi connectivity index (χ0v) is 24.0. The Kier molecular flexibility index (Phi) is 9.45. The molecule has 0 fully saturated rings. The van der Waals surface area contributed by atoms with Gasteiger partial charge in [0, 0.05) is 23.4 Å². The molecule has 222 valence electrons. The maximum absolute atomic E-state index is 13.1. The van der Waals surface area contributed by atoms with Crippen LogP contribution in [-0.4, -0.2) is 47.2 Å². The normalized spacial score (nSPS) is 13.5. The molecule has 0 aromatic heterocycles. The van der Waals surface area contributed by atoms with E-state index in [2.05, 4.69) is 15.7 Å². The standard InChI is InChI=1S/C30H30F4N4O3S/c1-29(2,3)41-28(40)35-17-19-4-6-21(7-5-19)24-13-10-22(20-8-11-23(12-9-20)42-18-31)16-25(24)36-27(39)38-15-14-26(37-38)30(32,33)34/h4-13,16H,14-15,17-18H2,1-3H3,(H,35,40)(H,36,39). The van der Waals surface area contributed by atoms with Crippen LogP contribution in [0.2, 0.25) is 0 Å². The average Bonchev–Trinajstić information content (AvgIpc) is 3.44. The number of nitrogens with one attached hydrogen (secondary N) is 2. The Balaban J connectivity index is 1.59. The summed E-state index contributed by atoms with van der Waals surface area (Å²) >= 11 is 1.06. The average molecular weight is 603 g/mol. The second-order valence-corrected chi connectivity index (χ2v) is 11.4. The fraction of sp³-hybridized carbons (Fsp3) is 0.300. The van der Waals surface area contributed by atoms with E-state index in [0.29, 0.717) is 11.3 Å². The number of ether oxygens (including phenoxy) is 1. The number of hydrazone groups is 1. The van der Waals surface area contributed by atoms with Gasteiger partial charge in [0.1, 0.15) is 17.3 Å². The van der Waals surface area contributed by atoms with Crippen LogP contribution in [0.5, 0.6) is 0 Å². The van der Waals surface area contributed by atoms with E-state index in [1.165, 1.54) is 0 Å². The molecular formula is C30H30F4N4O3S. The summed E-state index contributed by atoms with van der Waals surface area (Å²) < 4.78 is 57.2. The van der Waals surface area contributed by atoms with Gasteiger partial charge in [0.15, 0.2) is 0 Å². The van der Waals surface area contributed by atoms with E-state index in [0.717, 1.165) is 43.9 Å². The van der Waals surface area contributed by atoms with Gasteiger partial charge in [0.25, 0.3) is 0 Å². The minimum atomic E-state index is -4.60. The second-order valence-electron chi connectivity index (χ2n) is 10.4. The van der Waals surface area contributed by atoms with Crippen molar-refractivity contribution in [1.82, 2.24) is 10.3 Å².